The topological polar surface area (TPSA) is 40.1 Å². The van der Waals surface area contributed by atoms with Gasteiger partial charge in [-0.2, -0.15) is 0 Å². The standard InChI is InChI=1S/C21H46N.C2H4O2.ClH.Na/c1-5-6-7-8-9-10-11-12-13-14-15-16-17-18-19-20-21-22(2,3)4;1-2(3)4;;/h5-21H2,1-4H3;1H3,(H,3,4);1H;/q+1;;;+1/p-2. The van der Waals surface area contributed by atoms with E-state index < -0.39 is 5.97 Å². The zero-order valence-electron chi connectivity index (χ0n) is 20.2. The number of halogens is 1. The van der Waals surface area contributed by atoms with Crippen molar-refractivity contribution in [3.05, 3.63) is 0 Å². The van der Waals surface area contributed by atoms with Crippen molar-refractivity contribution in [3.63, 3.8) is 0 Å². The summed E-state index contributed by atoms with van der Waals surface area (Å²) in [4.78, 5) is 8.89. The first kappa shape index (κ1) is 36.1. The van der Waals surface area contributed by atoms with Crippen molar-refractivity contribution < 1.29 is 56.3 Å². The molecular weight excluding hydrogens is 381 g/mol. The number of quaternary nitrogens is 1. The van der Waals surface area contributed by atoms with Gasteiger partial charge < -0.3 is 26.8 Å². The molecule has 166 valence electrons. The first-order valence-corrected chi connectivity index (χ1v) is 11.3. The average molecular weight is 430 g/mol. The number of carbonyl (C=O) groups excluding carboxylic acids is 1. The largest absolute Gasteiger partial charge is 1.00 e. The second-order valence-electron chi connectivity index (χ2n) is 8.81. The van der Waals surface area contributed by atoms with Crippen LogP contribution in [0.25, 0.3) is 0 Å². The Bertz CT molecular complexity index is 293. The first-order chi connectivity index (χ1) is 12.3. The molecule has 0 aromatic heterocycles. The van der Waals surface area contributed by atoms with E-state index in [2.05, 4.69) is 28.1 Å². The van der Waals surface area contributed by atoms with E-state index in [0.717, 1.165) is 11.4 Å². The summed E-state index contributed by atoms with van der Waals surface area (Å²) < 4.78 is 1.12. The number of rotatable bonds is 17. The van der Waals surface area contributed by atoms with Crippen LogP contribution < -0.4 is 47.1 Å². The molecule has 0 fully saturated rings. The molecule has 0 bridgehead atoms. The molecule has 0 N–H and O–H groups in total. The molecule has 0 atom stereocenters. The monoisotopic (exact) mass is 429 g/mol. The van der Waals surface area contributed by atoms with Gasteiger partial charge in [0.25, 0.3) is 0 Å². The zero-order chi connectivity index (χ0) is 20.1. The predicted molar refractivity (Wildman–Crippen MR) is 113 cm³/mol. The second-order valence-corrected chi connectivity index (χ2v) is 8.81. The molecule has 0 aliphatic heterocycles. The van der Waals surface area contributed by atoms with Crippen LogP contribution in [0.1, 0.15) is 117 Å². The van der Waals surface area contributed by atoms with Crippen molar-refractivity contribution in [2.75, 3.05) is 27.7 Å². The van der Waals surface area contributed by atoms with Crippen molar-refractivity contribution in [1.82, 2.24) is 0 Å². The SMILES string of the molecule is CC(=O)[O-].CCCCCCCCCCCCCCCCCC[N+](C)(C)C.[Cl-].[Na+]. The van der Waals surface area contributed by atoms with Gasteiger partial charge in [0, 0.05) is 5.97 Å². The van der Waals surface area contributed by atoms with Gasteiger partial charge in [-0.15, -0.1) is 0 Å². The molecule has 0 unspecified atom stereocenters. The maximum atomic E-state index is 8.89. The van der Waals surface area contributed by atoms with Crippen molar-refractivity contribution in [2.24, 2.45) is 0 Å². The number of nitrogens with zero attached hydrogens (tertiary/aromatic N) is 1. The van der Waals surface area contributed by atoms with Crippen LogP contribution in [0, 0.1) is 0 Å². The summed E-state index contributed by atoms with van der Waals surface area (Å²) in [5.41, 5.74) is 0. The third-order valence-electron chi connectivity index (χ3n) is 4.68. The fourth-order valence-corrected chi connectivity index (χ4v) is 3.13. The van der Waals surface area contributed by atoms with Gasteiger partial charge in [0.2, 0.25) is 0 Å². The molecule has 3 nitrogen and oxygen atoms in total. The minimum Gasteiger partial charge on any atom is -1.00 e. The molecule has 0 aromatic rings. The van der Waals surface area contributed by atoms with Crippen LogP contribution >= 0.6 is 0 Å². The number of carbonyl (C=O) groups is 1. The summed E-state index contributed by atoms with van der Waals surface area (Å²) in [6.07, 6.45) is 23.4. The maximum absolute atomic E-state index is 8.89. The Labute approximate surface area is 205 Å². The van der Waals surface area contributed by atoms with E-state index in [-0.39, 0.29) is 42.0 Å². The summed E-state index contributed by atoms with van der Waals surface area (Å²) in [5, 5.41) is 8.89. The Hall–Kier alpha value is 0.720. The van der Waals surface area contributed by atoms with E-state index in [1.165, 1.54) is 109 Å². The Morgan fingerprint density at radius 2 is 0.857 bits per heavy atom. The van der Waals surface area contributed by atoms with Gasteiger partial charge in [0.05, 0.1) is 27.7 Å². The van der Waals surface area contributed by atoms with Crippen LogP contribution in [-0.2, 0) is 4.79 Å². The van der Waals surface area contributed by atoms with Crippen molar-refractivity contribution in [2.45, 2.75) is 117 Å². The number of aliphatic carboxylic acids is 1. The second kappa shape index (κ2) is 27.7. The fourth-order valence-electron chi connectivity index (χ4n) is 3.13. The Morgan fingerprint density at radius 3 is 1.07 bits per heavy atom. The van der Waals surface area contributed by atoms with Crippen molar-refractivity contribution in [3.8, 4) is 0 Å². The third-order valence-corrected chi connectivity index (χ3v) is 4.68. The van der Waals surface area contributed by atoms with E-state index in [1.54, 1.807) is 0 Å². The summed E-state index contributed by atoms with van der Waals surface area (Å²) in [6.45, 7) is 4.60. The Morgan fingerprint density at radius 1 is 0.643 bits per heavy atom. The molecule has 0 saturated carbocycles. The van der Waals surface area contributed by atoms with E-state index in [1.807, 2.05) is 0 Å². The first-order valence-electron chi connectivity index (χ1n) is 11.3. The van der Waals surface area contributed by atoms with Crippen molar-refractivity contribution in [1.29, 1.82) is 0 Å². The molecule has 0 rings (SSSR count). The fraction of sp³-hybridized carbons (Fsp3) is 0.957. The molecule has 0 aliphatic carbocycles. The molecule has 0 aliphatic rings. The quantitative estimate of drug-likeness (QED) is 0.181. The number of carboxylic acids is 1. The smallest absolute Gasteiger partial charge is 1.00 e. The van der Waals surface area contributed by atoms with Crippen LogP contribution in [-0.4, -0.2) is 38.1 Å². The van der Waals surface area contributed by atoms with Crippen LogP contribution in [0.15, 0.2) is 0 Å². The van der Waals surface area contributed by atoms with E-state index in [4.69, 9.17) is 9.90 Å². The van der Waals surface area contributed by atoms with E-state index >= 15 is 0 Å². The Kier molecular flexibility index (Phi) is 35.8. The predicted octanol–water partition coefficient (Wildman–Crippen LogP) is -0.282. The molecule has 0 heterocycles. The number of carboxylic acid groups (broad SMARTS) is 1. The molecule has 0 amide bonds. The molecule has 28 heavy (non-hydrogen) atoms. The molecular formula is C23H49ClNNaO2. The normalized spacial score (nSPS) is 10.3. The van der Waals surface area contributed by atoms with Gasteiger partial charge in [0.1, 0.15) is 0 Å². The molecule has 5 heteroatoms. The molecule has 0 spiro atoms. The van der Waals surface area contributed by atoms with Crippen LogP contribution in [0.3, 0.4) is 0 Å². The van der Waals surface area contributed by atoms with Gasteiger partial charge in [-0.1, -0.05) is 96.8 Å². The summed E-state index contributed by atoms with van der Waals surface area (Å²) >= 11 is 0. The van der Waals surface area contributed by atoms with Crippen molar-refractivity contribution >= 4 is 5.97 Å². The molecule has 0 aromatic carbocycles. The van der Waals surface area contributed by atoms with Crippen LogP contribution in [0.4, 0.5) is 0 Å². The number of hydrogen-bond acceptors (Lipinski definition) is 2. The zero-order valence-corrected chi connectivity index (χ0v) is 22.9. The van der Waals surface area contributed by atoms with Gasteiger partial charge in [-0.25, -0.2) is 0 Å². The minimum absolute atomic E-state index is 0. The van der Waals surface area contributed by atoms with Gasteiger partial charge >= 0.3 is 29.6 Å². The van der Waals surface area contributed by atoms with Crippen LogP contribution in [0.2, 0.25) is 0 Å². The van der Waals surface area contributed by atoms with Crippen LogP contribution in [0.5, 0.6) is 0 Å². The summed E-state index contributed by atoms with van der Waals surface area (Å²) in [5.74, 6) is -1.08. The number of unbranched alkanes of at least 4 members (excludes halogenated alkanes) is 15. The summed E-state index contributed by atoms with van der Waals surface area (Å²) in [7, 11) is 6.89. The Balaban J connectivity index is -0.000000435. The minimum atomic E-state index is -1.08. The molecule has 0 radical (unpaired) electrons. The van der Waals surface area contributed by atoms with E-state index in [0.29, 0.717) is 0 Å². The van der Waals surface area contributed by atoms with Gasteiger partial charge in [-0.3, -0.25) is 0 Å². The summed E-state index contributed by atoms with van der Waals surface area (Å²) in [6, 6.07) is 0. The van der Waals surface area contributed by atoms with Gasteiger partial charge in [-0.05, 0) is 19.8 Å². The number of hydrogen-bond donors (Lipinski definition) is 0. The third kappa shape index (κ3) is 45.5. The van der Waals surface area contributed by atoms with E-state index in [9.17, 15) is 0 Å². The maximum Gasteiger partial charge on any atom is 1.00 e. The molecule has 0 saturated heterocycles. The van der Waals surface area contributed by atoms with Gasteiger partial charge in [0.15, 0.2) is 0 Å². The average Bonchev–Trinajstić information content (AvgIpc) is 2.53.